The molecule has 7 heterocycles. The monoisotopic (exact) mass is 1620 g/mol. The number of benzene rings is 1. The van der Waals surface area contributed by atoms with Crippen molar-refractivity contribution in [1.29, 1.82) is 0 Å². The van der Waals surface area contributed by atoms with Gasteiger partial charge in [-0.15, -0.1) is 0 Å². The number of carboxylic acid groups (broad SMARTS) is 2. The minimum Gasteiger partial charge on any atom is -0.480 e. The fourth-order valence-corrected chi connectivity index (χ4v) is 16.2. The van der Waals surface area contributed by atoms with E-state index in [1.54, 1.807) is 6.92 Å². The molecule has 2 aliphatic heterocycles. The van der Waals surface area contributed by atoms with Crippen molar-refractivity contribution >= 4 is 147 Å². The molecule has 9 atom stereocenters. The van der Waals surface area contributed by atoms with E-state index in [0.717, 1.165) is 39.4 Å². The highest BCUT2D eigenvalue weighted by Gasteiger charge is 2.46. The van der Waals surface area contributed by atoms with Crippen LogP contribution in [0.25, 0.3) is 33.2 Å². The van der Waals surface area contributed by atoms with Gasteiger partial charge in [0.2, 0.25) is 41.4 Å². The molecule has 36 nitrogen and oxygen atoms in total. The summed E-state index contributed by atoms with van der Waals surface area (Å²) in [5, 5.41) is 40.7. The third kappa shape index (κ3) is 21.7. The van der Waals surface area contributed by atoms with Crippen LogP contribution in [0.4, 0.5) is 11.6 Å². The number of aromatic amines is 3. The number of nitrogens with two attached hydrogens (primary N) is 1. The van der Waals surface area contributed by atoms with Crippen LogP contribution < -0.4 is 53.8 Å². The van der Waals surface area contributed by atoms with Gasteiger partial charge in [-0.1, -0.05) is 49.3 Å². The molecule has 0 spiro atoms. The Kier molecular flexibility index (Phi) is 29.1. The number of nitrogen functional groups attached to an aromatic ring is 1. The number of carboxylic acids is 2. The molecule has 1 aliphatic carbocycles. The van der Waals surface area contributed by atoms with E-state index in [2.05, 4.69) is 86.3 Å². The largest absolute Gasteiger partial charge is 0.480 e. The van der Waals surface area contributed by atoms with E-state index in [-0.39, 0.29) is 115 Å². The zero-order valence-corrected chi connectivity index (χ0v) is 65.7. The Bertz CT molecular complexity index is 5070. The molecular weight excluding hydrogens is 1530 g/mol. The number of carbonyl (C=O) groups excluding carboxylic acids is 10. The number of hydrogen-bond acceptors (Lipinski definition) is 25. The van der Waals surface area contributed by atoms with Crippen LogP contribution in [0, 0.1) is 13.8 Å². The maximum absolute atomic E-state index is 14.6. The van der Waals surface area contributed by atoms with E-state index >= 15 is 0 Å². The first-order valence-corrected chi connectivity index (χ1v) is 40.7. The van der Waals surface area contributed by atoms with Crippen molar-refractivity contribution in [3.8, 4) is 0 Å². The molecule has 7 amide bonds. The van der Waals surface area contributed by atoms with Crippen LogP contribution in [0.1, 0.15) is 205 Å². The van der Waals surface area contributed by atoms with Crippen molar-refractivity contribution in [3.63, 3.8) is 0 Å². The van der Waals surface area contributed by atoms with Gasteiger partial charge in [-0.3, -0.25) is 72.2 Å². The number of Topliss-reactive ketones (excluding diaryl/α,β-unsaturated/α-hetero) is 2. The second kappa shape index (κ2) is 38.4. The minimum atomic E-state index is -4.55. The first kappa shape index (κ1) is 85.8. The summed E-state index contributed by atoms with van der Waals surface area (Å²) in [6, 6.07) is 5.28. The summed E-state index contributed by atoms with van der Waals surface area (Å²) in [5.41, 5.74) is 13.3. The predicted molar refractivity (Wildman–Crippen MR) is 418 cm³/mol. The van der Waals surface area contributed by atoms with Gasteiger partial charge in [0.15, 0.2) is 22.7 Å². The SMILES string of the molecule is CCCC(=O)N[C@@H](CCCNC(=O)CC[C@@H]1c2nc(cc3[nH]c(cc4nc(cc5[nH]c6c(c5C)C(=O)C(C(=O)OC)c26)[C@H](CC)[C@H]4C)c(C(C)=O)c3C)[C@H]1C)C(=O)NCCSSC[C@H](NC(=O)[C@H](CC(=O)NCCS(=O)(=O)O)NC(=O)CC[C@H](NC(=O)c1ccc(NCc2cnc3nc(N)[nH]c(=O)c3n2)cc1)C(=O)O)C(=O)O. The fraction of sp³-hybridized carbons (Fsp3) is 0.459. The highest BCUT2D eigenvalue weighted by Crippen LogP contribution is 2.48. The van der Waals surface area contributed by atoms with Crippen molar-refractivity contribution in [3.05, 3.63) is 121 Å². The van der Waals surface area contributed by atoms with Gasteiger partial charge >= 0.3 is 17.9 Å². The summed E-state index contributed by atoms with van der Waals surface area (Å²) in [6.07, 6.45) is 1.15. The van der Waals surface area contributed by atoms with Gasteiger partial charge in [-0.05, 0) is 113 Å². The van der Waals surface area contributed by atoms with Crippen LogP contribution in [-0.4, -0.2) is 202 Å². The van der Waals surface area contributed by atoms with Gasteiger partial charge < -0.3 is 73.2 Å². The molecule has 1 aromatic carbocycles. The average molecular weight is 1620 g/mol. The third-order valence-electron chi connectivity index (χ3n) is 19.7. The number of esters is 1. The number of carbonyl (C=O) groups is 12. The Balaban J connectivity index is 0.777. The van der Waals surface area contributed by atoms with E-state index in [0.29, 0.717) is 79.1 Å². The van der Waals surface area contributed by atoms with Gasteiger partial charge in [0.05, 0.1) is 54.4 Å². The van der Waals surface area contributed by atoms with Gasteiger partial charge in [0.1, 0.15) is 30.1 Å². The number of nitrogens with one attached hydrogen (secondary N) is 11. The number of rotatable bonds is 38. The molecule has 3 aliphatic rings. The van der Waals surface area contributed by atoms with E-state index < -0.39 is 142 Å². The second-order valence-electron chi connectivity index (χ2n) is 27.6. The standard InChI is InChI=1S/C74H91N17O19S3/c1-9-12-55(94)84-44(13-11-22-76-54(93)20-18-43-35(4)47-27-48-36(5)58(38(7)92)51(83-48)29-46-34(3)42(10-2)50(82-46)28-49-37(6)59-63(87-49)60(62(43)86-47)61(65(59)97)73(106)110-8)68(99)78-23-25-111-112-33-53(72(104)105)89-69(100)52(30-57(96)77-24-26-113(107,108)109)85-56(95)21-19-45(71(102)103)88-67(98)39-14-16-40(17-15-39)79-31-41-32-80-66-64(81-41)70(101)91-74(75)90-66/h14-17,27-29,32,34-35,42-45,52-53,61,79,83,87H,9-13,18-26,30-31,33H2,1-8H3,(H,76,93)(H,77,96)(H,78,99)(H,84,94)(H,85,95)(H,88,98)(H,89,100)(H,102,103)(H,104,105)(H,107,108,109)(H3,75,80,90,91,101)/t34-,35+,42-,43+,44+,45+,52+,53+,61?/m1/s1. The van der Waals surface area contributed by atoms with Gasteiger partial charge in [-0.2, -0.15) is 13.4 Å². The van der Waals surface area contributed by atoms with Gasteiger partial charge in [-0.25, -0.2) is 19.6 Å². The van der Waals surface area contributed by atoms with Gasteiger partial charge in [0.25, 0.3) is 21.6 Å². The molecule has 0 saturated carbocycles. The van der Waals surface area contributed by atoms with E-state index in [1.807, 2.05) is 39.0 Å². The van der Waals surface area contributed by atoms with Crippen LogP contribution in [0.2, 0.25) is 0 Å². The molecule has 0 radical (unpaired) electrons. The number of nitrogens with zero attached hydrogens (tertiary/aromatic N) is 5. The number of ether oxygens (including phenoxy) is 1. The lowest BCUT2D eigenvalue weighted by molar-refractivity contribution is -0.142. The first-order chi connectivity index (χ1) is 53.7. The smallest absolute Gasteiger partial charge is 0.327 e. The number of anilines is 2. The van der Waals surface area contributed by atoms with Crippen molar-refractivity contribution in [2.24, 2.45) is 0 Å². The second-order valence-corrected chi connectivity index (χ2v) is 31.8. The van der Waals surface area contributed by atoms with Crippen LogP contribution >= 0.6 is 21.6 Å². The number of amides is 7. The lowest BCUT2D eigenvalue weighted by atomic mass is 9.84. The molecule has 8 bridgehead atoms. The molecule has 0 fully saturated rings. The number of aliphatic carboxylic acids is 2. The summed E-state index contributed by atoms with van der Waals surface area (Å²) in [7, 11) is -1.27. The number of H-pyrrole nitrogens is 3. The molecule has 6 aromatic rings. The maximum atomic E-state index is 14.6. The molecule has 604 valence electrons. The number of fused-ring (bicyclic) bond motifs is 9. The number of hydrogen-bond donors (Lipinski definition) is 15. The Labute approximate surface area is 655 Å². The van der Waals surface area contributed by atoms with Crippen molar-refractivity contribution < 1.29 is 85.5 Å². The highest BCUT2D eigenvalue weighted by molar-refractivity contribution is 8.76. The first-order valence-electron chi connectivity index (χ1n) is 36.6. The Morgan fingerprint density at radius 2 is 1.35 bits per heavy atom. The number of aromatic nitrogens is 8. The summed E-state index contributed by atoms with van der Waals surface area (Å²) in [4.78, 5) is 205. The lowest BCUT2D eigenvalue weighted by Crippen LogP contribution is -2.54. The highest BCUT2D eigenvalue weighted by atomic mass is 33.1. The van der Waals surface area contributed by atoms with Crippen LogP contribution in [0.3, 0.4) is 0 Å². The zero-order chi connectivity index (χ0) is 82.3. The molecular formula is C74H91N17O19S3. The predicted octanol–water partition coefficient (Wildman–Crippen LogP) is 4.56. The Morgan fingerprint density at radius 3 is 2.03 bits per heavy atom. The minimum absolute atomic E-state index is 0.00662. The van der Waals surface area contributed by atoms with Crippen molar-refractivity contribution in [2.45, 2.75) is 173 Å². The zero-order valence-electron chi connectivity index (χ0n) is 63.2. The summed E-state index contributed by atoms with van der Waals surface area (Å²) in [6.45, 7) is 12.7. The topological polar surface area (TPSA) is 560 Å². The summed E-state index contributed by atoms with van der Waals surface area (Å²) < 4.78 is 37.1. The number of methoxy groups -OCH3 is 1. The summed E-state index contributed by atoms with van der Waals surface area (Å²) >= 11 is 0. The Hall–Kier alpha value is -11.2. The quantitative estimate of drug-likeness (QED) is 0.00630. The number of aryl methyl sites for hydroxylation is 2. The molecule has 16 N–H and O–H groups in total. The van der Waals surface area contributed by atoms with Gasteiger partial charge in [0, 0.05) is 130 Å². The maximum Gasteiger partial charge on any atom is 0.327 e. The molecule has 113 heavy (non-hydrogen) atoms. The average Bonchev–Trinajstić information content (AvgIpc) is 1.56. The molecule has 5 aromatic heterocycles. The fourth-order valence-electron chi connectivity index (χ4n) is 13.8. The lowest BCUT2D eigenvalue weighted by Gasteiger charge is -2.22. The molecule has 0 saturated heterocycles. The van der Waals surface area contributed by atoms with Crippen LogP contribution in [0.5, 0.6) is 0 Å². The van der Waals surface area contributed by atoms with E-state index in [1.165, 1.54) is 44.5 Å². The van der Waals surface area contributed by atoms with Crippen LogP contribution in [0.15, 0.2) is 53.5 Å². The van der Waals surface area contributed by atoms with Crippen molar-refractivity contribution in [2.75, 3.05) is 55.1 Å². The summed E-state index contributed by atoms with van der Waals surface area (Å²) in [5.74, 6) is -13.3. The molecule has 39 heteroatoms. The van der Waals surface area contributed by atoms with E-state index in [4.69, 9.17) is 25.0 Å². The van der Waals surface area contributed by atoms with E-state index in [9.17, 15) is 81.0 Å². The third-order valence-corrected chi connectivity index (χ3v) is 22.9. The van der Waals surface area contributed by atoms with Crippen molar-refractivity contribution in [1.82, 2.24) is 77.1 Å². The normalized spacial score (nSPS) is 16.7. The molecule has 1 unspecified atom stereocenters. The molecule has 9 rings (SSSR count). The Morgan fingerprint density at radius 1 is 0.681 bits per heavy atom. The van der Waals surface area contributed by atoms with Crippen LogP contribution in [-0.2, 0) is 64.6 Å². The number of ketones is 2.